The second kappa shape index (κ2) is 8.42. The quantitative estimate of drug-likeness (QED) is 0.740. The van der Waals surface area contributed by atoms with Gasteiger partial charge in [-0.25, -0.2) is 4.98 Å². The van der Waals surface area contributed by atoms with Crippen LogP contribution in [-0.4, -0.2) is 47.2 Å². The van der Waals surface area contributed by atoms with Crippen LogP contribution in [0.15, 0.2) is 12.4 Å². The molecule has 0 saturated heterocycles. The van der Waals surface area contributed by atoms with Gasteiger partial charge in [-0.3, -0.25) is 0 Å². The summed E-state index contributed by atoms with van der Waals surface area (Å²) in [6.45, 7) is 3.36. The number of aromatic nitrogens is 2. The smallest absolute Gasteiger partial charge is 0.109 e. The number of aryl methyl sites for hydroxylation is 1. The first-order chi connectivity index (χ1) is 9.77. The van der Waals surface area contributed by atoms with Crippen molar-refractivity contribution >= 4 is 0 Å². The third-order valence-electron chi connectivity index (χ3n) is 4.51. The molecule has 0 atom stereocenters. The average molecular weight is 278 g/mol. The van der Waals surface area contributed by atoms with Gasteiger partial charge in [0.15, 0.2) is 0 Å². The summed E-state index contributed by atoms with van der Waals surface area (Å²) in [6, 6.07) is 0.844. The molecule has 1 aliphatic carbocycles. The summed E-state index contributed by atoms with van der Waals surface area (Å²) in [5.74, 6) is 1.16. The van der Waals surface area contributed by atoms with Gasteiger partial charge in [0, 0.05) is 38.4 Å². The third-order valence-corrected chi connectivity index (χ3v) is 4.51. The summed E-state index contributed by atoms with van der Waals surface area (Å²) in [6.07, 6.45) is 13.2. The largest absolute Gasteiger partial charge is 0.338 e. The first-order valence-electron chi connectivity index (χ1n) is 8.14. The summed E-state index contributed by atoms with van der Waals surface area (Å²) in [5.41, 5.74) is 0. The minimum Gasteiger partial charge on any atom is -0.338 e. The van der Waals surface area contributed by atoms with E-state index >= 15 is 0 Å². The molecule has 1 aromatic rings. The lowest BCUT2D eigenvalue weighted by Gasteiger charge is -2.31. The minimum atomic E-state index is 0.844. The molecule has 20 heavy (non-hydrogen) atoms. The van der Waals surface area contributed by atoms with Crippen molar-refractivity contribution in [1.82, 2.24) is 19.8 Å². The van der Waals surface area contributed by atoms with Crippen molar-refractivity contribution in [2.24, 2.45) is 7.05 Å². The zero-order valence-corrected chi connectivity index (χ0v) is 13.1. The normalized spacial score (nSPS) is 16.9. The van der Waals surface area contributed by atoms with Crippen LogP contribution in [0.25, 0.3) is 0 Å². The highest BCUT2D eigenvalue weighted by atomic mass is 15.1. The van der Waals surface area contributed by atoms with Crippen LogP contribution in [0.3, 0.4) is 0 Å². The van der Waals surface area contributed by atoms with E-state index in [0.717, 1.165) is 31.4 Å². The number of hydrogen-bond acceptors (Lipinski definition) is 3. The summed E-state index contributed by atoms with van der Waals surface area (Å²) in [4.78, 5) is 6.91. The lowest BCUT2D eigenvalue weighted by molar-refractivity contribution is 0.189. The van der Waals surface area contributed by atoms with E-state index < -0.39 is 0 Å². The van der Waals surface area contributed by atoms with Gasteiger partial charge in [0.05, 0.1) is 0 Å². The van der Waals surface area contributed by atoms with Gasteiger partial charge in [0.1, 0.15) is 5.82 Å². The van der Waals surface area contributed by atoms with Gasteiger partial charge in [0.2, 0.25) is 0 Å². The van der Waals surface area contributed by atoms with Gasteiger partial charge in [-0.15, -0.1) is 0 Å². The summed E-state index contributed by atoms with van der Waals surface area (Å²) < 4.78 is 2.10. The van der Waals surface area contributed by atoms with E-state index in [1.165, 1.54) is 45.1 Å². The van der Waals surface area contributed by atoms with E-state index in [9.17, 15) is 0 Å². The fraction of sp³-hybridized carbons (Fsp3) is 0.812. The molecule has 114 valence electrons. The molecule has 4 nitrogen and oxygen atoms in total. The zero-order chi connectivity index (χ0) is 14.2. The van der Waals surface area contributed by atoms with E-state index in [1.54, 1.807) is 0 Å². The topological polar surface area (TPSA) is 33.1 Å². The summed E-state index contributed by atoms with van der Waals surface area (Å²) in [7, 11) is 4.35. The summed E-state index contributed by atoms with van der Waals surface area (Å²) >= 11 is 0. The fourth-order valence-electron chi connectivity index (χ4n) is 3.12. The lowest BCUT2D eigenvalue weighted by Crippen LogP contribution is -2.35. The van der Waals surface area contributed by atoms with Crippen molar-refractivity contribution in [3.8, 4) is 0 Å². The van der Waals surface area contributed by atoms with Gasteiger partial charge in [-0.1, -0.05) is 19.3 Å². The second-order valence-electron chi connectivity index (χ2n) is 6.08. The number of nitrogens with zero attached hydrogens (tertiary/aromatic N) is 3. The van der Waals surface area contributed by atoms with Gasteiger partial charge in [-0.2, -0.15) is 0 Å². The second-order valence-corrected chi connectivity index (χ2v) is 6.08. The van der Waals surface area contributed by atoms with Gasteiger partial charge < -0.3 is 14.8 Å². The Kier molecular flexibility index (Phi) is 6.54. The number of imidazole rings is 1. The Morgan fingerprint density at radius 2 is 2.10 bits per heavy atom. The van der Waals surface area contributed by atoms with Crippen molar-refractivity contribution in [1.29, 1.82) is 0 Å². The minimum absolute atomic E-state index is 0.844. The van der Waals surface area contributed by atoms with E-state index in [0.29, 0.717) is 0 Å². The van der Waals surface area contributed by atoms with Crippen LogP contribution < -0.4 is 5.32 Å². The monoisotopic (exact) mass is 278 g/mol. The molecular formula is C16H30N4. The number of nitrogens with one attached hydrogen (secondary N) is 1. The van der Waals surface area contributed by atoms with Gasteiger partial charge >= 0.3 is 0 Å². The van der Waals surface area contributed by atoms with Crippen LogP contribution in [0.1, 0.15) is 44.3 Å². The molecule has 1 heterocycles. The standard InChI is InChI=1S/C16H30N4/c1-19(15-7-4-3-5-8-15)13-6-10-17-11-9-16-18-12-14-20(16)2/h12,14-15,17H,3-11,13H2,1-2H3. The molecule has 0 spiro atoms. The maximum atomic E-state index is 4.34. The Balaban J connectivity index is 1.50. The third kappa shape index (κ3) is 4.91. The van der Waals surface area contributed by atoms with Crippen molar-refractivity contribution in [3.05, 3.63) is 18.2 Å². The Morgan fingerprint density at radius 3 is 2.80 bits per heavy atom. The van der Waals surface area contributed by atoms with Crippen LogP contribution in [0, 0.1) is 0 Å². The molecule has 0 amide bonds. The highest BCUT2D eigenvalue weighted by Gasteiger charge is 2.16. The number of hydrogen-bond donors (Lipinski definition) is 1. The van der Waals surface area contributed by atoms with E-state index in [1.807, 2.05) is 12.4 Å². The van der Waals surface area contributed by atoms with Crippen molar-refractivity contribution in [3.63, 3.8) is 0 Å². The first kappa shape index (κ1) is 15.5. The van der Waals surface area contributed by atoms with Crippen LogP contribution in [-0.2, 0) is 13.5 Å². The van der Waals surface area contributed by atoms with Crippen molar-refractivity contribution in [2.45, 2.75) is 51.0 Å². The fourth-order valence-corrected chi connectivity index (χ4v) is 3.12. The molecule has 4 heteroatoms. The van der Waals surface area contributed by atoms with E-state index in [-0.39, 0.29) is 0 Å². The first-order valence-corrected chi connectivity index (χ1v) is 8.14. The van der Waals surface area contributed by atoms with Gasteiger partial charge in [0.25, 0.3) is 0 Å². The molecule has 1 aliphatic rings. The Bertz CT molecular complexity index is 368. The highest BCUT2D eigenvalue weighted by molar-refractivity contribution is 4.91. The maximum Gasteiger partial charge on any atom is 0.109 e. The Labute approximate surface area is 123 Å². The molecule has 0 aliphatic heterocycles. The molecule has 0 aromatic carbocycles. The zero-order valence-electron chi connectivity index (χ0n) is 13.1. The van der Waals surface area contributed by atoms with Crippen LogP contribution in [0.4, 0.5) is 0 Å². The molecule has 2 rings (SSSR count). The van der Waals surface area contributed by atoms with Crippen LogP contribution >= 0.6 is 0 Å². The molecular weight excluding hydrogens is 248 g/mol. The average Bonchev–Trinajstić information content (AvgIpc) is 2.89. The predicted molar refractivity (Wildman–Crippen MR) is 83.9 cm³/mol. The Hall–Kier alpha value is -0.870. The van der Waals surface area contributed by atoms with Crippen molar-refractivity contribution < 1.29 is 0 Å². The molecule has 1 saturated carbocycles. The molecule has 1 N–H and O–H groups in total. The van der Waals surface area contributed by atoms with Crippen LogP contribution in [0.5, 0.6) is 0 Å². The molecule has 1 fully saturated rings. The van der Waals surface area contributed by atoms with E-state index in [2.05, 4.69) is 33.9 Å². The molecule has 0 bridgehead atoms. The lowest BCUT2D eigenvalue weighted by atomic mass is 9.94. The molecule has 1 aromatic heterocycles. The number of rotatable bonds is 8. The predicted octanol–water partition coefficient (Wildman–Crippen LogP) is 2.21. The molecule has 0 unspecified atom stereocenters. The SMILES string of the molecule is CN(CCCNCCc1nccn1C)C1CCCCC1. The summed E-state index contributed by atoms with van der Waals surface area (Å²) in [5, 5.41) is 3.53. The van der Waals surface area contributed by atoms with Crippen molar-refractivity contribution in [2.75, 3.05) is 26.7 Å². The maximum absolute atomic E-state index is 4.34. The van der Waals surface area contributed by atoms with Crippen LogP contribution in [0.2, 0.25) is 0 Å². The highest BCUT2D eigenvalue weighted by Crippen LogP contribution is 2.21. The molecule has 0 radical (unpaired) electrons. The van der Waals surface area contributed by atoms with Gasteiger partial charge in [-0.05, 0) is 39.4 Å². The van der Waals surface area contributed by atoms with E-state index in [4.69, 9.17) is 0 Å². The Morgan fingerprint density at radius 1 is 1.30 bits per heavy atom.